The van der Waals surface area contributed by atoms with E-state index in [2.05, 4.69) is 20.5 Å². The fourth-order valence-corrected chi connectivity index (χ4v) is 1.25. The highest BCUT2D eigenvalue weighted by Gasteiger charge is 2.11. The number of anilines is 1. The van der Waals surface area contributed by atoms with Crippen molar-refractivity contribution in [2.45, 2.75) is 13.8 Å². The summed E-state index contributed by atoms with van der Waals surface area (Å²) in [6.45, 7) is 3.82. The minimum Gasteiger partial charge on any atom is -0.357 e. The molecule has 2 aromatic heterocycles. The van der Waals surface area contributed by atoms with Gasteiger partial charge >= 0.3 is 0 Å². The van der Waals surface area contributed by atoms with Crippen LogP contribution in [0.4, 0.5) is 5.82 Å². The molecule has 0 saturated carbocycles. The second kappa shape index (κ2) is 3.61. The molecule has 2 heterocycles. The lowest BCUT2D eigenvalue weighted by Gasteiger charge is -2.00. The Morgan fingerprint density at radius 2 is 2.27 bits per heavy atom. The fourth-order valence-electron chi connectivity index (χ4n) is 1.25. The van der Waals surface area contributed by atoms with Crippen molar-refractivity contribution in [2.24, 2.45) is 0 Å². The molecule has 0 radical (unpaired) electrons. The maximum Gasteiger partial charge on any atom is 0.273 e. The zero-order valence-electron chi connectivity index (χ0n) is 8.59. The average Bonchev–Trinajstić information content (AvgIpc) is 2.83. The van der Waals surface area contributed by atoms with Crippen LogP contribution in [-0.4, -0.2) is 21.1 Å². The predicted octanol–water partition coefficient (Wildman–Crippen LogP) is 1.61. The van der Waals surface area contributed by atoms with Crippen LogP contribution in [0.3, 0.4) is 0 Å². The van der Waals surface area contributed by atoms with Crippen LogP contribution in [0.1, 0.15) is 21.7 Å². The number of aryl methyl sites for hydroxylation is 1. The number of nitrogens with one attached hydrogen (secondary N) is 3. The van der Waals surface area contributed by atoms with Crippen molar-refractivity contribution in [3.05, 3.63) is 35.3 Å². The summed E-state index contributed by atoms with van der Waals surface area (Å²) in [6.07, 6.45) is 1.71. The van der Waals surface area contributed by atoms with Gasteiger partial charge < -0.3 is 10.3 Å². The molecule has 0 saturated heterocycles. The van der Waals surface area contributed by atoms with Crippen LogP contribution in [0.5, 0.6) is 0 Å². The van der Waals surface area contributed by atoms with Gasteiger partial charge in [-0.05, 0) is 26.0 Å². The Labute approximate surface area is 86.9 Å². The second-order valence-electron chi connectivity index (χ2n) is 3.36. The fraction of sp³-hybridized carbons (Fsp3) is 0.200. The van der Waals surface area contributed by atoms with Gasteiger partial charge in [0.25, 0.3) is 5.91 Å². The molecule has 3 N–H and O–H groups in total. The third-order valence-electron chi connectivity index (χ3n) is 2.33. The van der Waals surface area contributed by atoms with E-state index in [9.17, 15) is 4.79 Å². The smallest absolute Gasteiger partial charge is 0.273 e. The van der Waals surface area contributed by atoms with Gasteiger partial charge in [0.2, 0.25) is 0 Å². The van der Waals surface area contributed by atoms with Gasteiger partial charge in [0.1, 0.15) is 5.69 Å². The Morgan fingerprint density at radius 1 is 1.47 bits per heavy atom. The lowest BCUT2D eigenvalue weighted by molar-refractivity contribution is 0.102. The van der Waals surface area contributed by atoms with E-state index in [1.165, 1.54) is 0 Å². The van der Waals surface area contributed by atoms with Crippen molar-refractivity contribution in [1.29, 1.82) is 0 Å². The molecule has 2 rings (SSSR count). The molecule has 0 aliphatic carbocycles. The summed E-state index contributed by atoms with van der Waals surface area (Å²) in [5.74, 6) is 0.390. The van der Waals surface area contributed by atoms with Crippen molar-refractivity contribution < 1.29 is 4.79 Å². The molecule has 0 aliphatic heterocycles. The number of aromatic nitrogens is 3. The first kappa shape index (κ1) is 9.51. The van der Waals surface area contributed by atoms with Crippen molar-refractivity contribution in [3.63, 3.8) is 0 Å². The number of nitrogens with zero attached hydrogens (tertiary/aromatic N) is 1. The summed E-state index contributed by atoms with van der Waals surface area (Å²) >= 11 is 0. The highest BCUT2D eigenvalue weighted by Crippen LogP contribution is 2.14. The molecular weight excluding hydrogens is 192 g/mol. The molecule has 5 heteroatoms. The quantitative estimate of drug-likeness (QED) is 0.695. The number of hydrogen-bond acceptors (Lipinski definition) is 2. The Hall–Kier alpha value is -2.04. The van der Waals surface area contributed by atoms with Gasteiger partial charge in [-0.2, -0.15) is 5.10 Å². The number of carbonyl (C=O) groups is 1. The maximum atomic E-state index is 11.6. The largest absolute Gasteiger partial charge is 0.357 e. The van der Waals surface area contributed by atoms with E-state index in [1.54, 1.807) is 18.3 Å². The minimum absolute atomic E-state index is 0.186. The predicted molar refractivity (Wildman–Crippen MR) is 56.8 cm³/mol. The molecule has 78 valence electrons. The van der Waals surface area contributed by atoms with E-state index < -0.39 is 0 Å². The molecule has 0 spiro atoms. The van der Waals surface area contributed by atoms with Gasteiger partial charge in [0.05, 0.1) is 0 Å². The molecule has 1 amide bonds. The van der Waals surface area contributed by atoms with Gasteiger partial charge in [-0.1, -0.05) is 0 Å². The Bertz CT molecular complexity index is 470. The maximum absolute atomic E-state index is 11.6. The number of H-pyrrole nitrogens is 2. The topological polar surface area (TPSA) is 73.6 Å². The second-order valence-corrected chi connectivity index (χ2v) is 3.36. The monoisotopic (exact) mass is 204 g/mol. The zero-order valence-corrected chi connectivity index (χ0v) is 8.59. The number of carbonyl (C=O) groups excluding carboxylic acids is 1. The first-order valence-corrected chi connectivity index (χ1v) is 4.65. The van der Waals surface area contributed by atoms with Crippen molar-refractivity contribution >= 4 is 11.7 Å². The molecule has 0 aromatic carbocycles. The van der Waals surface area contributed by atoms with E-state index in [0.29, 0.717) is 11.5 Å². The van der Waals surface area contributed by atoms with Crippen LogP contribution in [0, 0.1) is 13.8 Å². The number of hydrogen-bond donors (Lipinski definition) is 3. The SMILES string of the molecule is Cc1[nH]nc(NC(=O)c2ccc[nH]2)c1C. The van der Waals surface area contributed by atoms with E-state index in [0.717, 1.165) is 11.3 Å². The Kier molecular flexibility index (Phi) is 2.29. The van der Waals surface area contributed by atoms with Crippen LogP contribution in [-0.2, 0) is 0 Å². The minimum atomic E-state index is -0.186. The van der Waals surface area contributed by atoms with E-state index >= 15 is 0 Å². The van der Waals surface area contributed by atoms with Crippen molar-refractivity contribution in [1.82, 2.24) is 15.2 Å². The lowest BCUT2D eigenvalue weighted by atomic mass is 10.3. The van der Waals surface area contributed by atoms with Gasteiger partial charge in [-0.15, -0.1) is 0 Å². The van der Waals surface area contributed by atoms with Gasteiger partial charge in [-0.3, -0.25) is 9.89 Å². The summed E-state index contributed by atoms with van der Waals surface area (Å²) in [5.41, 5.74) is 2.43. The summed E-state index contributed by atoms with van der Waals surface area (Å²) in [6, 6.07) is 3.49. The molecule has 2 aromatic rings. The number of amides is 1. The molecule has 15 heavy (non-hydrogen) atoms. The molecule has 0 atom stereocenters. The summed E-state index contributed by atoms with van der Waals surface area (Å²) in [7, 11) is 0. The van der Waals surface area contributed by atoms with Gasteiger partial charge in [0.15, 0.2) is 5.82 Å². The number of aromatic amines is 2. The van der Waals surface area contributed by atoms with Crippen molar-refractivity contribution in [3.8, 4) is 0 Å². The third-order valence-corrected chi connectivity index (χ3v) is 2.33. The van der Waals surface area contributed by atoms with E-state index in [4.69, 9.17) is 0 Å². The average molecular weight is 204 g/mol. The summed E-state index contributed by atoms with van der Waals surface area (Å²) < 4.78 is 0. The highest BCUT2D eigenvalue weighted by molar-refractivity contribution is 6.02. The molecule has 5 nitrogen and oxygen atoms in total. The Morgan fingerprint density at radius 3 is 2.80 bits per heavy atom. The zero-order chi connectivity index (χ0) is 10.8. The van der Waals surface area contributed by atoms with E-state index in [1.807, 2.05) is 13.8 Å². The normalized spacial score (nSPS) is 10.3. The van der Waals surface area contributed by atoms with E-state index in [-0.39, 0.29) is 5.91 Å². The first-order chi connectivity index (χ1) is 7.18. The summed E-state index contributed by atoms with van der Waals surface area (Å²) in [5, 5.41) is 9.53. The highest BCUT2D eigenvalue weighted by atomic mass is 16.1. The van der Waals surface area contributed by atoms with Crippen LogP contribution in [0.15, 0.2) is 18.3 Å². The van der Waals surface area contributed by atoms with Crippen LogP contribution < -0.4 is 5.32 Å². The molecular formula is C10H12N4O. The van der Waals surface area contributed by atoms with Crippen LogP contribution >= 0.6 is 0 Å². The standard InChI is InChI=1S/C10H12N4O/c1-6-7(2)13-14-9(6)12-10(15)8-4-3-5-11-8/h3-5,11H,1-2H3,(H2,12,13,14,15). The lowest BCUT2D eigenvalue weighted by Crippen LogP contribution is -2.13. The molecule has 0 unspecified atom stereocenters. The van der Waals surface area contributed by atoms with Gasteiger partial charge in [0, 0.05) is 17.5 Å². The molecule has 0 aliphatic rings. The molecule has 0 bridgehead atoms. The first-order valence-electron chi connectivity index (χ1n) is 4.65. The molecule has 0 fully saturated rings. The van der Waals surface area contributed by atoms with Crippen molar-refractivity contribution in [2.75, 3.05) is 5.32 Å². The number of rotatable bonds is 2. The Balaban J connectivity index is 2.16. The summed E-state index contributed by atoms with van der Waals surface area (Å²) in [4.78, 5) is 14.5. The third kappa shape index (κ3) is 1.76. The van der Waals surface area contributed by atoms with Crippen LogP contribution in [0.25, 0.3) is 0 Å². The van der Waals surface area contributed by atoms with Crippen LogP contribution in [0.2, 0.25) is 0 Å². The van der Waals surface area contributed by atoms with Gasteiger partial charge in [-0.25, -0.2) is 0 Å².